The van der Waals surface area contributed by atoms with Gasteiger partial charge in [-0.3, -0.25) is 9.59 Å². The smallest absolute Gasteiger partial charge is 0.285 e. The van der Waals surface area contributed by atoms with Crippen molar-refractivity contribution in [3.05, 3.63) is 70.1 Å². The number of aryl methyl sites for hydroxylation is 1. The Bertz CT molecular complexity index is 1270. The zero-order chi connectivity index (χ0) is 25.5. The van der Waals surface area contributed by atoms with Gasteiger partial charge in [-0.2, -0.15) is 0 Å². The zero-order valence-corrected chi connectivity index (χ0v) is 21.8. The number of amides is 2. The Morgan fingerprint density at radius 2 is 1.74 bits per heavy atom. The van der Waals surface area contributed by atoms with E-state index < -0.39 is 21.5 Å². The molecule has 1 aromatic carbocycles. The summed E-state index contributed by atoms with van der Waals surface area (Å²) in [5, 5.41) is 3.50. The van der Waals surface area contributed by atoms with Crippen LogP contribution in [-0.2, 0) is 14.8 Å². The summed E-state index contributed by atoms with van der Waals surface area (Å²) in [6.45, 7) is 7.81. The summed E-state index contributed by atoms with van der Waals surface area (Å²) in [4.78, 5) is 32.2. The molecule has 3 heterocycles. The highest BCUT2D eigenvalue weighted by molar-refractivity contribution is 7.99. The number of hydrogen-bond acceptors (Lipinski definition) is 6. The third-order valence-corrected chi connectivity index (χ3v) is 8.41. The van der Waals surface area contributed by atoms with Crippen LogP contribution in [0.15, 0.2) is 48.2 Å². The lowest BCUT2D eigenvalue weighted by Crippen LogP contribution is -2.48. The molecule has 186 valence electrons. The SMILES string of the molecule is Cc1cc(C(=O)N2CCC(NC3=C(c4ccccc4)S(=O)(=O)N(C(C)(C)C)C3=O)CC2)cc(Cl)n1. The normalized spacial score (nSPS) is 18.8. The van der Waals surface area contributed by atoms with Crippen molar-refractivity contribution < 1.29 is 18.0 Å². The number of carbonyl (C=O) groups excluding carboxylic acids is 2. The van der Waals surface area contributed by atoms with E-state index in [9.17, 15) is 18.0 Å². The Hall–Kier alpha value is -2.91. The maximum atomic E-state index is 13.5. The second-order valence-corrected chi connectivity index (χ2v) is 12.0. The van der Waals surface area contributed by atoms with Crippen LogP contribution < -0.4 is 5.32 Å². The lowest BCUT2D eigenvalue weighted by atomic mass is 10.0. The summed E-state index contributed by atoms with van der Waals surface area (Å²) >= 11 is 6.01. The largest absolute Gasteiger partial charge is 0.377 e. The van der Waals surface area contributed by atoms with Crippen LogP contribution in [0.3, 0.4) is 0 Å². The molecule has 0 spiro atoms. The van der Waals surface area contributed by atoms with Crippen molar-refractivity contribution >= 4 is 38.3 Å². The fourth-order valence-corrected chi connectivity index (χ4v) is 6.87. The highest BCUT2D eigenvalue weighted by atomic mass is 35.5. The van der Waals surface area contributed by atoms with Gasteiger partial charge in [-0.25, -0.2) is 17.7 Å². The number of rotatable bonds is 4. The Morgan fingerprint density at radius 3 is 2.31 bits per heavy atom. The van der Waals surface area contributed by atoms with Crippen LogP contribution in [0.5, 0.6) is 0 Å². The molecule has 1 N–H and O–H groups in total. The third kappa shape index (κ3) is 4.92. The lowest BCUT2D eigenvalue weighted by Gasteiger charge is -2.33. The first kappa shape index (κ1) is 25.2. The molecule has 0 radical (unpaired) electrons. The van der Waals surface area contributed by atoms with Gasteiger partial charge in [0, 0.05) is 30.4 Å². The number of piperidine rings is 1. The molecule has 8 nitrogen and oxygen atoms in total. The van der Waals surface area contributed by atoms with E-state index in [2.05, 4.69) is 10.3 Å². The topological polar surface area (TPSA) is 99.7 Å². The number of halogens is 1. The molecule has 1 saturated heterocycles. The molecular weight excluding hydrogens is 488 g/mol. The number of hydrogen-bond donors (Lipinski definition) is 1. The Balaban J connectivity index is 1.57. The highest BCUT2D eigenvalue weighted by Crippen LogP contribution is 2.39. The van der Waals surface area contributed by atoms with Gasteiger partial charge in [0.15, 0.2) is 0 Å². The van der Waals surface area contributed by atoms with Crippen LogP contribution in [-0.4, -0.2) is 59.1 Å². The van der Waals surface area contributed by atoms with Crippen LogP contribution >= 0.6 is 11.6 Å². The molecule has 1 fully saturated rings. The first-order valence-corrected chi connectivity index (χ1v) is 13.3. The molecule has 0 unspecified atom stereocenters. The van der Waals surface area contributed by atoms with Crippen molar-refractivity contribution in [2.75, 3.05) is 13.1 Å². The molecule has 0 aliphatic carbocycles. The van der Waals surface area contributed by atoms with E-state index in [4.69, 9.17) is 11.6 Å². The maximum Gasteiger partial charge on any atom is 0.285 e. The van der Waals surface area contributed by atoms with Crippen molar-refractivity contribution in [1.29, 1.82) is 0 Å². The number of nitrogens with one attached hydrogen (secondary N) is 1. The molecule has 0 saturated carbocycles. The van der Waals surface area contributed by atoms with Gasteiger partial charge in [-0.1, -0.05) is 41.9 Å². The lowest BCUT2D eigenvalue weighted by molar-refractivity contribution is -0.125. The molecule has 35 heavy (non-hydrogen) atoms. The molecule has 0 bridgehead atoms. The number of benzene rings is 1. The number of aromatic nitrogens is 1. The van der Waals surface area contributed by atoms with E-state index in [0.717, 1.165) is 4.31 Å². The number of likely N-dealkylation sites (tertiary alicyclic amines) is 1. The Kier molecular flexibility index (Phi) is 6.68. The van der Waals surface area contributed by atoms with Gasteiger partial charge < -0.3 is 10.2 Å². The van der Waals surface area contributed by atoms with Gasteiger partial charge in [0.2, 0.25) is 0 Å². The van der Waals surface area contributed by atoms with Gasteiger partial charge in [0.1, 0.15) is 15.8 Å². The van der Waals surface area contributed by atoms with Crippen LogP contribution in [0.2, 0.25) is 5.15 Å². The maximum absolute atomic E-state index is 13.5. The van der Waals surface area contributed by atoms with Gasteiger partial charge >= 0.3 is 0 Å². The monoisotopic (exact) mass is 516 g/mol. The summed E-state index contributed by atoms with van der Waals surface area (Å²) in [6.07, 6.45) is 1.13. The summed E-state index contributed by atoms with van der Waals surface area (Å²) in [5.74, 6) is -0.685. The summed E-state index contributed by atoms with van der Waals surface area (Å²) < 4.78 is 27.9. The summed E-state index contributed by atoms with van der Waals surface area (Å²) in [5.41, 5.74) is 0.794. The Labute approximate surface area is 211 Å². The fraction of sp³-hybridized carbons (Fsp3) is 0.400. The first-order valence-electron chi connectivity index (χ1n) is 11.5. The van der Waals surface area contributed by atoms with E-state index in [1.807, 2.05) is 0 Å². The molecular formula is C25H29ClN4O4S. The average Bonchev–Trinajstić information content (AvgIpc) is 2.98. The Morgan fingerprint density at radius 1 is 1.11 bits per heavy atom. The van der Waals surface area contributed by atoms with Crippen LogP contribution in [0.25, 0.3) is 4.91 Å². The number of sulfonamides is 1. The van der Waals surface area contributed by atoms with E-state index >= 15 is 0 Å². The predicted octanol–water partition coefficient (Wildman–Crippen LogP) is 3.58. The van der Waals surface area contributed by atoms with Crippen molar-refractivity contribution in [1.82, 2.24) is 19.5 Å². The molecule has 2 aliphatic heterocycles. The van der Waals surface area contributed by atoms with Crippen LogP contribution in [0.4, 0.5) is 0 Å². The number of nitrogens with zero attached hydrogens (tertiary/aromatic N) is 3. The first-order chi connectivity index (χ1) is 16.4. The van der Waals surface area contributed by atoms with Crippen LogP contribution in [0, 0.1) is 6.92 Å². The van der Waals surface area contributed by atoms with E-state index in [-0.39, 0.29) is 27.7 Å². The molecule has 10 heteroatoms. The van der Waals surface area contributed by atoms with Crippen molar-refractivity contribution in [2.45, 2.75) is 52.1 Å². The van der Waals surface area contributed by atoms with Crippen molar-refractivity contribution in [2.24, 2.45) is 0 Å². The summed E-state index contributed by atoms with van der Waals surface area (Å²) in [6, 6.07) is 11.8. The quantitative estimate of drug-likeness (QED) is 0.623. The minimum atomic E-state index is -4.04. The van der Waals surface area contributed by atoms with Gasteiger partial charge in [0.25, 0.3) is 21.8 Å². The molecule has 2 aliphatic rings. The predicted molar refractivity (Wildman–Crippen MR) is 135 cm³/mol. The fourth-order valence-electron chi connectivity index (χ4n) is 4.57. The minimum Gasteiger partial charge on any atom is -0.377 e. The van der Waals surface area contributed by atoms with Gasteiger partial charge in [0.05, 0.1) is 5.54 Å². The highest BCUT2D eigenvalue weighted by Gasteiger charge is 2.49. The van der Waals surface area contributed by atoms with Crippen LogP contribution in [0.1, 0.15) is 55.2 Å². The minimum absolute atomic E-state index is 0.00145. The number of pyridine rings is 1. The molecule has 4 rings (SSSR count). The van der Waals surface area contributed by atoms with Crippen molar-refractivity contribution in [3.63, 3.8) is 0 Å². The average molecular weight is 517 g/mol. The molecule has 1 aromatic heterocycles. The summed E-state index contributed by atoms with van der Waals surface area (Å²) in [7, 11) is -4.04. The third-order valence-electron chi connectivity index (χ3n) is 6.07. The van der Waals surface area contributed by atoms with E-state index in [1.165, 1.54) is 0 Å². The molecule has 2 aromatic rings. The van der Waals surface area contributed by atoms with E-state index in [0.29, 0.717) is 42.8 Å². The number of carbonyl (C=O) groups is 2. The standard InChI is InChI=1S/C25H29ClN4O4S/c1-16-14-18(15-20(26)27-16)23(31)29-12-10-19(11-13-29)28-21-22(17-8-6-5-7-9-17)35(33,34)30(24(21)32)25(2,3)4/h5-9,14-15,19,28H,10-13H2,1-4H3. The molecule has 2 amide bonds. The zero-order valence-electron chi connectivity index (χ0n) is 20.2. The van der Waals surface area contributed by atoms with Crippen molar-refractivity contribution in [3.8, 4) is 0 Å². The second-order valence-electron chi connectivity index (χ2n) is 9.85. The van der Waals surface area contributed by atoms with E-state index in [1.54, 1.807) is 75.1 Å². The van der Waals surface area contributed by atoms with Gasteiger partial charge in [-0.05, 0) is 58.2 Å². The molecule has 0 atom stereocenters. The van der Waals surface area contributed by atoms with Gasteiger partial charge in [-0.15, -0.1) is 0 Å². The second kappa shape index (κ2) is 9.28.